The van der Waals surface area contributed by atoms with Gasteiger partial charge in [-0.1, -0.05) is 17.7 Å². The fourth-order valence-corrected chi connectivity index (χ4v) is 1.58. The standard InChI is InChI=1S/C11H11ClN4O2/c1-6(9(17)14-13)10-15-16-11(18-10)7-3-2-4-8(12)5-7/h2-6H,13H2,1H3,(H,14,17). The number of aromatic nitrogens is 2. The monoisotopic (exact) mass is 266 g/mol. The van der Waals surface area contributed by atoms with Gasteiger partial charge in [-0.3, -0.25) is 10.2 Å². The molecule has 0 aliphatic carbocycles. The average molecular weight is 267 g/mol. The molecule has 7 heteroatoms. The summed E-state index contributed by atoms with van der Waals surface area (Å²) in [6.45, 7) is 1.62. The molecular formula is C11H11ClN4O2. The summed E-state index contributed by atoms with van der Waals surface area (Å²) in [5, 5.41) is 8.25. The molecule has 6 nitrogen and oxygen atoms in total. The van der Waals surface area contributed by atoms with Crippen LogP contribution in [0.2, 0.25) is 5.02 Å². The van der Waals surface area contributed by atoms with Crippen molar-refractivity contribution >= 4 is 17.5 Å². The highest BCUT2D eigenvalue weighted by Crippen LogP contribution is 2.23. The molecule has 94 valence electrons. The number of hydrogen-bond donors (Lipinski definition) is 2. The summed E-state index contributed by atoms with van der Waals surface area (Å²) >= 11 is 5.87. The second-order valence-corrected chi connectivity index (χ2v) is 4.12. The van der Waals surface area contributed by atoms with Gasteiger partial charge in [0, 0.05) is 10.6 Å². The first kappa shape index (κ1) is 12.5. The highest BCUT2D eigenvalue weighted by atomic mass is 35.5. The zero-order valence-electron chi connectivity index (χ0n) is 9.55. The normalized spacial score (nSPS) is 12.2. The maximum Gasteiger partial charge on any atom is 0.247 e. The van der Waals surface area contributed by atoms with Crippen molar-refractivity contribution in [2.75, 3.05) is 0 Å². The molecule has 0 aliphatic rings. The van der Waals surface area contributed by atoms with Crippen molar-refractivity contribution in [1.82, 2.24) is 15.6 Å². The van der Waals surface area contributed by atoms with Gasteiger partial charge in [-0.05, 0) is 25.1 Å². The average Bonchev–Trinajstić information content (AvgIpc) is 2.86. The van der Waals surface area contributed by atoms with E-state index in [1.807, 2.05) is 5.43 Å². The highest BCUT2D eigenvalue weighted by molar-refractivity contribution is 6.30. The van der Waals surface area contributed by atoms with Crippen molar-refractivity contribution in [2.24, 2.45) is 5.84 Å². The first-order valence-corrected chi connectivity index (χ1v) is 5.59. The SMILES string of the molecule is CC(C(=O)NN)c1nnc(-c2cccc(Cl)c2)o1. The molecule has 2 aromatic rings. The van der Waals surface area contributed by atoms with Crippen molar-refractivity contribution in [3.63, 3.8) is 0 Å². The third kappa shape index (κ3) is 2.49. The lowest BCUT2D eigenvalue weighted by Gasteiger charge is -2.03. The quantitative estimate of drug-likeness (QED) is 0.499. The van der Waals surface area contributed by atoms with Crippen LogP contribution in [0.5, 0.6) is 0 Å². The van der Waals surface area contributed by atoms with Gasteiger partial charge in [0.2, 0.25) is 17.7 Å². The fourth-order valence-electron chi connectivity index (χ4n) is 1.38. The fraction of sp³-hybridized carbons (Fsp3) is 0.182. The molecule has 0 fully saturated rings. The van der Waals surface area contributed by atoms with Gasteiger partial charge < -0.3 is 4.42 Å². The molecule has 1 aromatic heterocycles. The molecule has 1 aromatic carbocycles. The second-order valence-electron chi connectivity index (χ2n) is 3.69. The van der Waals surface area contributed by atoms with Crippen LogP contribution in [0.15, 0.2) is 28.7 Å². The third-order valence-electron chi connectivity index (χ3n) is 2.42. The van der Waals surface area contributed by atoms with E-state index in [-0.39, 0.29) is 5.89 Å². The van der Waals surface area contributed by atoms with E-state index < -0.39 is 11.8 Å². The molecule has 0 bridgehead atoms. The lowest BCUT2D eigenvalue weighted by molar-refractivity contribution is -0.122. The number of amides is 1. The smallest absolute Gasteiger partial charge is 0.247 e. The molecule has 0 saturated heterocycles. The van der Waals surface area contributed by atoms with E-state index in [0.717, 1.165) is 0 Å². The van der Waals surface area contributed by atoms with E-state index in [2.05, 4.69) is 10.2 Å². The number of hydrogen-bond acceptors (Lipinski definition) is 5. The molecule has 0 spiro atoms. The van der Waals surface area contributed by atoms with Crippen LogP contribution in [0.3, 0.4) is 0 Å². The minimum Gasteiger partial charge on any atom is -0.420 e. The highest BCUT2D eigenvalue weighted by Gasteiger charge is 2.21. The van der Waals surface area contributed by atoms with Crippen molar-refractivity contribution in [1.29, 1.82) is 0 Å². The molecule has 0 saturated carbocycles. The number of halogens is 1. The van der Waals surface area contributed by atoms with Crippen molar-refractivity contribution in [3.05, 3.63) is 35.2 Å². The van der Waals surface area contributed by atoms with E-state index in [1.165, 1.54) is 0 Å². The number of nitrogens with zero attached hydrogens (tertiary/aromatic N) is 2. The number of rotatable bonds is 3. The predicted molar refractivity (Wildman–Crippen MR) is 65.5 cm³/mol. The van der Waals surface area contributed by atoms with Gasteiger partial charge in [0.25, 0.3) is 0 Å². The lowest BCUT2D eigenvalue weighted by atomic mass is 10.2. The van der Waals surface area contributed by atoms with E-state index >= 15 is 0 Å². The lowest BCUT2D eigenvalue weighted by Crippen LogP contribution is -2.33. The van der Waals surface area contributed by atoms with Crippen LogP contribution in [0.1, 0.15) is 18.7 Å². The van der Waals surface area contributed by atoms with Gasteiger partial charge in [-0.2, -0.15) is 0 Å². The van der Waals surface area contributed by atoms with Crippen LogP contribution in [0.4, 0.5) is 0 Å². The first-order chi connectivity index (χ1) is 8.61. The Bertz CT molecular complexity index is 570. The van der Waals surface area contributed by atoms with Crippen LogP contribution in [-0.4, -0.2) is 16.1 Å². The topological polar surface area (TPSA) is 94.0 Å². The van der Waals surface area contributed by atoms with Crippen molar-refractivity contribution in [3.8, 4) is 11.5 Å². The van der Waals surface area contributed by atoms with E-state index in [4.69, 9.17) is 21.9 Å². The van der Waals surface area contributed by atoms with Crippen LogP contribution < -0.4 is 11.3 Å². The Morgan fingerprint density at radius 1 is 1.50 bits per heavy atom. The molecule has 1 unspecified atom stereocenters. The summed E-state index contributed by atoms with van der Waals surface area (Å²) in [5.41, 5.74) is 2.73. The molecule has 3 N–H and O–H groups in total. The Morgan fingerprint density at radius 2 is 2.28 bits per heavy atom. The Kier molecular flexibility index (Phi) is 3.59. The van der Waals surface area contributed by atoms with Gasteiger partial charge in [0.05, 0.1) is 0 Å². The largest absolute Gasteiger partial charge is 0.420 e. The second kappa shape index (κ2) is 5.16. The van der Waals surface area contributed by atoms with Crippen LogP contribution >= 0.6 is 11.6 Å². The molecule has 2 rings (SSSR count). The number of hydrazine groups is 1. The zero-order chi connectivity index (χ0) is 13.1. The van der Waals surface area contributed by atoms with Gasteiger partial charge in [0.1, 0.15) is 5.92 Å². The number of carbonyl (C=O) groups is 1. The van der Waals surface area contributed by atoms with Crippen LogP contribution in [0.25, 0.3) is 11.5 Å². The number of carbonyl (C=O) groups excluding carboxylic acids is 1. The molecule has 1 atom stereocenters. The summed E-state index contributed by atoms with van der Waals surface area (Å²) in [6.07, 6.45) is 0. The summed E-state index contributed by atoms with van der Waals surface area (Å²) < 4.78 is 5.41. The molecule has 0 radical (unpaired) electrons. The van der Waals surface area contributed by atoms with E-state index in [0.29, 0.717) is 16.5 Å². The minimum absolute atomic E-state index is 0.202. The Morgan fingerprint density at radius 3 is 2.94 bits per heavy atom. The van der Waals surface area contributed by atoms with Gasteiger partial charge in [-0.15, -0.1) is 10.2 Å². The minimum atomic E-state index is -0.601. The van der Waals surface area contributed by atoms with Crippen LogP contribution in [-0.2, 0) is 4.79 Å². The maximum absolute atomic E-state index is 11.3. The van der Waals surface area contributed by atoms with Gasteiger partial charge in [0.15, 0.2) is 0 Å². The van der Waals surface area contributed by atoms with Crippen molar-refractivity contribution < 1.29 is 9.21 Å². The number of benzene rings is 1. The molecule has 1 heterocycles. The first-order valence-electron chi connectivity index (χ1n) is 5.21. The van der Waals surface area contributed by atoms with E-state index in [1.54, 1.807) is 31.2 Å². The number of nitrogens with one attached hydrogen (secondary N) is 1. The molecule has 1 amide bonds. The van der Waals surface area contributed by atoms with Gasteiger partial charge in [-0.25, -0.2) is 5.84 Å². The van der Waals surface area contributed by atoms with Crippen LogP contribution in [0, 0.1) is 0 Å². The van der Waals surface area contributed by atoms with Crippen molar-refractivity contribution in [2.45, 2.75) is 12.8 Å². The Balaban J connectivity index is 2.28. The molecule has 18 heavy (non-hydrogen) atoms. The summed E-state index contributed by atoms with van der Waals surface area (Å²) in [6, 6.07) is 7.01. The summed E-state index contributed by atoms with van der Waals surface area (Å²) in [7, 11) is 0. The summed E-state index contributed by atoms with van der Waals surface area (Å²) in [5.74, 6) is 4.56. The zero-order valence-corrected chi connectivity index (χ0v) is 10.3. The number of nitrogens with two attached hydrogens (primary N) is 1. The third-order valence-corrected chi connectivity index (χ3v) is 2.65. The van der Waals surface area contributed by atoms with E-state index in [9.17, 15) is 4.79 Å². The summed E-state index contributed by atoms with van der Waals surface area (Å²) in [4.78, 5) is 11.3. The Hall–Kier alpha value is -1.92. The maximum atomic E-state index is 11.3. The van der Waals surface area contributed by atoms with Gasteiger partial charge >= 0.3 is 0 Å². The Labute approximate surface area is 108 Å². The molecule has 0 aliphatic heterocycles. The molecular weight excluding hydrogens is 256 g/mol. The predicted octanol–water partition coefficient (Wildman–Crippen LogP) is 1.48.